The van der Waals surface area contributed by atoms with E-state index in [9.17, 15) is 0 Å². The summed E-state index contributed by atoms with van der Waals surface area (Å²) >= 11 is 5.03. The van der Waals surface area contributed by atoms with Crippen LogP contribution in [-0.2, 0) is 6.42 Å². The Morgan fingerprint density at radius 1 is 1.19 bits per heavy atom. The summed E-state index contributed by atoms with van der Waals surface area (Å²) in [6.07, 6.45) is 2.53. The first-order chi connectivity index (χ1) is 10.2. The van der Waals surface area contributed by atoms with Crippen LogP contribution in [0.5, 0.6) is 10.8 Å². The highest BCUT2D eigenvalue weighted by Gasteiger charge is 2.10. The highest BCUT2D eigenvalue weighted by molar-refractivity contribution is 9.10. The molecule has 0 bridgehead atoms. The summed E-state index contributed by atoms with van der Waals surface area (Å²) in [5.41, 5.74) is 8.79. The van der Waals surface area contributed by atoms with Crippen LogP contribution in [-0.4, -0.2) is 4.98 Å². The van der Waals surface area contributed by atoms with Crippen LogP contribution in [0.2, 0.25) is 0 Å². The Morgan fingerprint density at radius 3 is 2.81 bits per heavy atom. The van der Waals surface area contributed by atoms with E-state index in [1.54, 1.807) is 6.20 Å². The Hall–Kier alpha value is -1.85. The van der Waals surface area contributed by atoms with Crippen molar-refractivity contribution < 1.29 is 4.74 Å². The first kappa shape index (κ1) is 14.1. The Bertz CT molecular complexity index is 730. The Morgan fingerprint density at radius 2 is 2.10 bits per heavy atom. The van der Waals surface area contributed by atoms with E-state index in [-0.39, 0.29) is 0 Å². The second kappa shape index (κ2) is 6.28. The topological polar surface area (TPSA) is 48.1 Å². The second-order valence-electron chi connectivity index (χ2n) is 4.52. The van der Waals surface area contributed by atoms with Gasteiger partial charge in [-0.3, -0.25) is 4.98 Å². The molecule has 2 N–H and O–H groups in total. The number of thiophene rings is 1. The predicted molar refractivity (Wildman–Crippen MR) is 90.0 cm³/mol. The first-order valence-electron chi connectivity index (χ1n) is 6.41. The molecule has 106 valence electrons. The third-order valence-electron chi connectivity index (χ3n) is 2.97. The molecule has 1 aromatic carbocycles. The summed E-state index contributed by atoms with van der Waals surface area (Å²) in [5.74, 6) is 0.665. The smallest absolute Gasteiger partial charge is 0.181 e. The lowest BCUT2D eigenvalue weighted by molar-refractivity contribution is 0.498. The van der Waals surface area contributed by atoms with Crippen LogP contribution in [0.4, 0.5) is 5.69 Å². The zero-order valence-electron chi connectivity index (χ0n) is 11.1. The molecule has 0 unspecified atom stereocenters. The SMILES string of the molecule is Nc1c(Br)cc(Cc2ccccn2)cc1Oc1cccs1. The van der Waals surface area contributed by atoms with E-state index in [1.165, 1.54) is 11.3 Å². The maximum absolute atomic E-state index is 6.08. The number of nitrogens with two attached hydrogens (primary N) is 1. The highest BCUT2D eigenvalue weighted by atomic mass is 79.9. The number of hydrogen-bond donors (Lipinski definition) is 1. The standard InChI is InChI=1S/C16H13BrN2OS/c17-13-9-11(8-12-4-1-2-6-19-12)10-14(16(13)18)20-15-5-3-7-21-15/h1-7,9-10H,8,18H2. The van der Waals surface area contributed by atoms with Crippen molar-refractivity contribution in [2.75, 3.05) is 5.73 Å². The van der Waals surface area contributed by atoms with Crippen molar-refractivity contribution in [3.05, 3.63) is 69.8 Å². The van der Waals surface area contributed by atoms with Crippen molar-refractivity contribution in [3.63, 3.8) is 0 Å². The Labute approximate surface area is 135 Å². The Balaban J connectivity index is 1.90. The van der Waals surface area contributed by atoms with E-state index >= 15 is 0 Å². The lowest BCUT2D eigenvalue weighted by atomic mass is 10.1. The van der Waals surface area contributed by atoms with Crippen molar-refractivity contribution in [1.82, 2.24) is 4.98 Å². The van der Waals surface area contributed by atoms with Crippen LogP contribution in [0.25, 0.3) is 0 Å². The number of nitrogen functional groups attached to an aromatic ring is 1. The molecule has 0 saturated heterocycles. The summed E-state index contributed by atoms with van der Waals surface area (Å²) in [6, 6.07) is 13.7. The molecule has 0 radical (unpaired) electrons. The molecule has 0 aliphatic heterocycles. The molecule has 0 amide bonds. The van der Waals surface area contributed by atoms with Gasteiger partial charge in [-0.2, -0.15) is 0 Å². The van der Waals surface area contributed by atoms with Crippen LogP contribution in [0.3, 0.4) is 0 Å². The maximum Gasteiger partial charge on any atom is 0.181 e. The van der Waals surface area contributed by atoms with Crippen molar-refractivity contribution in [3.8, 4) is 10.8 Å². The summed E-state index contributed by atoms with van der Waals surface area (Å²) in [5, 5.41) is 2.79. The van der Waals surface area contributed by atoms with Gasteiger partial charge in [0.15, 0.2) is 10.8 Å². The summed E-state index contributed by atoms with van der Waals surface area (Å²) in [6.45, 7) is 0. The van der Waals surface area contributed by atoms with Crippen molar-refractivity contribution in [2.45, 2.75) is 6.42 Å². The van der Waals surface area contributed by atoms with E-state index < -0.39 is 0 Å². The van der Waals surface area contributed by atoms with Crippen LogP contribution in [0, 0.1) is 0 Å². The number of halogens is 1. The number of rotatable bonds is 4. The van der Waals surface area contributed by atoms with Gasteiger partial charge in [-0.25, -0.2) is 0 Å². The third kappa shape index (κ3) is 3.43. The molecule has 3 nitrogen and oxygen atoms in total. The minimum Gasteiger partial charge on any atom is -0.444 e. The molecule has 2 heterocycles. The quantitative estimate of drug-likeness (QED) is 0.675. The fourth-order valence-electron chi connectivity index (χ4n) is 1.97. The number of nitrogens with zero attached hydrogens (tertiary/aromatic N) is 1. The Kier molecular flexibility index (Phi) is 4.22. The lowest BCUT2D eigenvalue weighted by Gasteiger charge is -2.11. The van der Waals surface area contributed by atoms with Crippen LogP contribution < -0.4 is 10.5 Å². The summed E-state index contributed by atoms with van der Waals surface area (Å²) in [4.78, 5) is 4.35. The van der Waals surface area contributed by atoms with Crippen molar-refractivity contribution in [1.29, 1.82) is 0 Å². The van der Waals surface area contributed by atoms with Gasteiger partial charge in [0.2, 0.25) is 0 Å². The monoisotopic (exact) mass is 360 g/mol. The number of ether oxygens (including phenoxy) is 1. The first-order valence-corrected chi connectivity index (χ1v) is 8.09. The van der Waals surface area contributed by atoms with E-state index in [4.69, 9.17) is 10.5 Å². The molecule has 5 heteroatoms. The molecule has 0 saturated carbocycles. The molecule has 2 aromatic heterocycles. The fourth-order valence-corrected chi connectivity index (χ4v) is 3.05. The van der Waals surface area contributed by atoms with Gasteiger partial charge in [0.05, 0.1) is 5.69 Å². The normalized spacial score (nSPS) is 10.5. The lowest BCUT2D eigenvalue weighted by Crippen LogP contribution is -1.97. The van der Waals surface area contributed by atoms with Gasteiger partial charge >= 0.3 is 0 Å². The zero-order valence-corrected chi connectivity index (χ0v) is 13.5. The number of benzene rings is 1. The second-order valence-corrected chi connectivity index (χ2v) is 6.29. The number of anilines is 1. The van der Waals surface area contributed by atoms with Gasteiger partial charge in [0.25, 0.3) is 0 Å². The number of pyridine rings is 1. The minimum absolute atomic E-state index is 0.605. The molecular formula is C16H13BrN2OS. The van der Waals surface area contributed by atoms with Gasteiger partial charge in [-0.15, -0.1) is 11.3 Å². The van der Waals surface area contributed by atoms with Crippen LogP contribution in [0.15, 0.2) is 58.5 Å². The maximum atomic E-state index is 6.08. The fraction of sp³-hybridized carbons (Fsp3) is 0.0625. The molecule has 21 heavy (non-hydrogen) atoms. The predicted octanol–water partition coefficient (Wildman–Crippen LogP) is 4.87. The van der Waals surface area contributed by atoms with Gasteiger partial charge in [-0.05, 0) is 63.3 Å². The van der Waals surface area contributed by atoms with Gasteiger partial charge < -0.3 is 10.5 Å². The van der Waals surface area contributed by atoms with Crippen molar-refractivity contribution in [2.24, 2.45) is 0 Å². The summed E-state index contributed by atoms with van der Waals surface area (Å²) in [7, 11) is 0. The minimum atomic E-state index is 0.605. The van der Waals surface area contributed by atoms with Gasteiger partial charge in [-0.1, -0.05) is 6.07 Å². The third-order valence-corrected chi connectivity index (χ3v) is 4.37. The van der Waals surface area contributed by atoms with E-state index in [1.807, 2.05) is 47.8 Å². The highest BCUT2D eigenvalue weighted by Crippen LogP contribution is 2.36. The van der Waals surface area contributed by atoms with Gasteiger partial charge in [0, 0.05) is 22.8 Å². The average molecular weight is 361 g/mol. The molecule has 3 rings (SSSR count). The van der Waals surface area contributed by atoms with Crippen molar-refractivity contribution >= 4 is 33.0 Å². The summed E-state index contributed by atoms with van der Waals surface area (Å²) < 4.78 is 6.69. The van der Waals surface area contributed by atoms with E-state index in [0.717, 1.165) is 27.2 Å². The van der Waals surface area contributed by atoms with Gasteiger partial charge in [0.1, 0.15) is 0 Å². The molecule has 0 aliphatic rings. The molecule has 0 fully saturated rings. The number of hydrogen-bond acceptors (Lipinski definition) is 4. The molecule has 0 spiro atoms. The molecule has 0 aliphatic carbocycles. The molecule has 3 aromatic rings. The molecule has 0 atom stereocenters. The number of aromatic nitrogens is 1. The zero-order chi connectivity index (χ0) is 14.7. The average Bonchev–Trinajstić information content (AvgIpc) is 2.98. The van der Waals surface area contributed by atoms with Crippen LogP contribution >= 0.6 is 27.3 Å². The van der Waals surface area contributed by atoms with Crippen LogP contribution in [0.1, 0.15) is 11.3 Å². The molecular weight excluding hydrogens is 348 g/mol. The van der Waals surface area contributed by atoms with E-state index in [0.29, 0.717) is 11.4 Å². The van der Waals surface area contributed by atoms with E-state index in [2.05, 4.69) is 20.9 Å². The largest absolute Gasteiger partial charge is 0.444 e.